The standard InChI is InChI=1S/C23H24N4O11S2.3Na/c1-13-15(20(29)26(9-11-39(33,34)35)22(31)17(13)19(24)28)7-5-4-6-8-16-14(2)18(25-3)23(32)27(21(16)30)10-12-40(36,37)38;;;/h4-8,29H,9-12H2,1-2H3,(H2,24,28)(H,33,34,35)(H,36,37,38);;;/q;3*+1/p-3/b6-4?,7-5?,16-8-;;;. The van der Waals surface area contributed by atoms with Crippen LogP contribution in [0.3, 0.4) is 0 Å². The van der Waals surface area contributed by atoms with Crippen LogP contribution in [0.15, 0.2) is 45.9 Å². The monoisotopic (exact) mass is 662 g/mol. The molecule has 15 nitrogen and oxygen atoms in total. The fourth-order valence-corrected chi connectivity index (χ4v) is 4.45. The van der Waals surface area contributed by atoms with Gasteiger partial charge in [-0.1, -0.05) is 30.4 Å². The van der Waals surface area contributed by atoms with Gasteiger partial charge in [0.25, 0.3) is 29.0 Å². The normalized spacial score (nSPS) is 14.9. The molecule has 1 aromatic rings. The number of carbonyl (C=O) groups excluding carboxylic acids is 3. The molecule has 1 aromatic heterocycles. The molecule has 2 rings (SSSR count). The number of pyridine rings is 1. The number of amides is 3. The molecule has 0 saturated carbocycles. The predicted octanol–water partition coefficient (Wildman–Crippen LogP) is -10.5. The van der Waals surface area contributed by atoms with E-state index in [0.717, 1.165) is 6.08 Å². The van der Waals surface area contributed by atoms with E-state index < -0.39 is 85.3 Å². The number of hydrogen-bond acceptors (Lipinski definition) is 11. The Labute approximate surface area is 313 Å². The Morgan fingerprint density at radius 2 is 1.47 bits per heavy atom. The Balaban J connectivity index is 0. The van der Waals surface area contributed by atoms with Crippen molar-refractivity contribution >= 4 is 44.0 Å². The van der Waals surface area contributed by atoms with Crippen molar-refractivity contribution in [1.82, 2.24) is 9.47 Å². The average molecular weight is 663 g/mol. The van der Waals surface area contributed by atoms with Gasteiger partial charge < -0.3 is 24.5 Å². The van der Waals surface area contributed by atoms with Gasteiger partial charge in [0.1, 0.15) is 5.56 Å². The van der Waals surface area contributed by atoms with Crippen molar-refractivity contribution in [3.05, 3.63) is 79.6 Å². The number of carbonyl (C=O) groups is 3. The smallest absolute Gasteiger partial charge is 0.860 e. The third kappa shape index (κ3) is 11.5. The summed E-state index contributed by atoms with van der Waals surface area (Å²) in [7, 11) is -9.56. The largest absolute Gasteiger partial charge is 1.00 e. The summed E-state index contributed by atoms with van der Waals surface area (Å²) in [5.41, 5.74) is 2.58. The molecular formula is C23H21N4Na3O11S2. The first kappa shape index (κ1) is 43.8. The summed E-state index contributed by atoms with van der Waals surface area (Å²) >= 11 is 0. The van der Waals surface area contributed by atoms with E-state index in [-0.39, 0.29) is 111 Å². The molecule has 1 aliphatic rings. The Hall–Kier alpha value is -1.37. The zero-order valence-corrected chi connectivity index (χ0v) is 31.6. The van der Waals surface area contributed by atoms with Crippen molar-refractivity contribution < 1.29 is 134 Å². The van der Waals surface area contributed by atoms with E-state index in [9.17, 15) is 50.2 Å². The molecule has 0 unspecified atom stereocenters. The van der Waals surface area contributed by atoms with Gasteiger partial charge in [0.15, 0.2) is 0 Å². The summed E-state index contributed by atoms with van der Waals surface area (Å²) in [6.45, 7) is 8.23. The molecule has 20 heteroatoms. The Kier molecular flexibility index (Phi) is 18.3. The SMILES string of the molecule is [C-]#[N+]C1=C(C)/C(=C/C=CC=Cc2c(C)c(C(N)=O)c(=O)n(CCS(=O)(=O)[O-])c2[O-])C(=O)N(CCS(=O)(=O)[O-])C1=O.[Na+].[Na+].[Na+]. The number of aromatic nitrogens is 1. The van der Waals surface area contributed by atoms with Gasteiger partial charge in [-0.05, 0) is 36.4 Å². The summed E-state index contributed by atoms with van der Waals surface area (Å²) in [6.07, 6.45) is 6.15. The molecule has 0 saturated heterocycles. The van der Waals surface area contributed by atoms with Gasteiger partial charge in [-0.2, -0.15) is 0 Å². The summed E-state index contributed by atoms with van der Waals surface area (Å²) in [5.74, 6) is -6.32. The second-order valence-corrected chi connectivity index (χ2v) is 11.3. The third-order valence-electron chi connectivity index (χ3n) is 5.63. The van der Waals surface area contributed by atoms with Crippen molar-refractivity contribution in [2.45, 2.75) is 20.4 Å². The fourth-order valence-electron chi connectivity index (χ4n) is 3.64. The van der Waals surface area contributed by atoms with E-state index in [2.05, 4.69) is 4.85 Å². The Morgan fingerprint density at radius 3 is 1.95 bits per heavy atom. The quantitative estimate of drug-likeness (QED) is 0.0616. The maximum absolute atomic E-state index is 12.8. The van der Waals surface area contributed by atoms with E-state index in [1.807, 2.05) is 0 Å². The minimum Gasteiger partial charge on any atom is -0.860 e. The molecule has 0 aliphatic carbocycles. The molecule has 0 bridgehead atoms. The van der Waals surface area contributed by atoms with E-state index in [1.165, 1.54) is 38.2 Å². The first-order chi connectivity index (χ1) is 18.4. The predicted molar refractivity (Wildman–Crippen MR) is 135 cm³/mol. The van der Waals surface area contributed by atoms with Crippen LogP contribution in [0.1, 0.15) is 28.4 Å². The Morgan fingerprint density at radius 1 is 0.930 bits per heavy atom. The Bertz CT molecular complexity index is 1740. The van der Waals surface area contributed by atoms with Gasteiger partial charge in [0.2, 0.25) is 0 Å². The molecule has 0 aromatic carbocycles. The number of rotatable bonds is 10. The molecule has 214 valence electrons. The van der Waals surface area contributed by atoms with Crippen LogP contribution in [0.4, 0.5) is 0 Å². The van der Waals surface area contributed by atoms with Crippen LogP contribution in [-0.2, 0) is 36.4 Å². The van der Waals surface area contributed by atoms with Crippen LogP contribution in [-0.4, -0.2) is 71.2 Å². The number of hydrogen-bond donors (Lipinski definition) is 1. The first-order valence-electron chi connectivity index (χ1n) is 11.0. The number of primary amides is 1. The average Bonchev–Trinajstić information content (AvgIpc) is 2.81. The molecule has 2 N–H and O–H groups in total. The van der Waals surface area contributed by atoms with E-state index in [4.69, 9.17) is 12.3 Å². The minimum absolute atomic E-state index is 0. The molecule has 1 aliphatic heterocycles. The van der Waals surface area contributed by atoms with Crippen LogP contribution in [0.2, 0.25) is 0 Å². The van der Waals surface area contributed by atoms with Crippen LogP contribution >= 0.6 is 0 Å². The number of allylic oxidation sites excluding steroid dienone is 4. The molecule has 2 heterocycles. The van der Waals surface area contributed by atoms with Crippen molar-refractivity contribution in [3.63, 3.8) is 0 Å². The second-order valence-electron chi connectivity index (χ2n) is 8.24. The van der Waals surface area contributed by atoms with Crippen LogP contribution in [0, 0.1) is 13.5 Å². The number of nitrogens with two attached hydrogens (primary N) is 1. The zero-order valence-electron chi connectivity index (χ0n) is 23.9. The molecule has 43 heavy (non-hydrogen) atoms. The zero-order chi connectivity index (χ0) is 30.6. The minimum atomic E-state index is -4.80. The van der Waals surface area contributed by atoms with Crippen LogP contribution in [0.25, 0.3) is 10.9 Å². The number of nitrogens with zero attached hydrogens (tertiary/aromatic N) is 3. The first-order valence-corrected chi connectivity index (χ1v) is 14.2. The molecule has 0 spiro atoms. The van der Waals surface area contributed by atoms with Gasteiger partial charge in [-0.15, -0.1) is 0 Å². The van der Waals surface area contributed by atoms with Crippen molar-refractivity contribution in [2.75, 3.05) is 18.1 Å². The van der Waals surface area contributed by atoms with Gasteiger partial charge >= 0.3 is 88.7 Å². The number of imide groups is 1. The summed E-state index contributed by atoms with van der Waals surface area (Å²) in [5, 5.41) is 12.8. The fraction of sp³-hybridized carbons (Fsp3) is 0.261. The van der Waals surface area contributed by atoms with Crippen molar-refractivity contribution in [1.29, 1.82) is 0 Å². The molecule has 3 amide bonds. The second kappa shape index (κ2) is 17.9. The maximum Gasteiger partial charge on any atom is 1.00 e. The van der Waals surface area contributed by atoms with Gasteiger partial charge in [0, 0.05) is 18.7 Å². The summed E-state index contributed by atoms with van der Waals surface area (Å²) in [4.78, 5) is 53.1. The molecular weight excluding hydrogens is 641 g/mol. The molecule has 0 fully saturated rings. The topological polar surface area (TPSA) is 244 Å². The summed E-state index contributed by atoms with van der Waals surface area (Å²) < 4.78 is 66.2. The molecule has 0 radical (unpaired) electrons. The van der Waals surface area contributed by atoms with Crippen molar-refractivity contribution in [3.8, 4) is 5.88 Å². The van der Waals surface area contributed by atoms with Crippen molar-refractivity contribution in [2.24, 2.45) is 5.73 Å². The van der Waals surface area contributed by atoms with Crippen LogP contribution in [0.5, 0.6) is 5.88 Å². The van der Waals surface area contributed by atoms with Crippen LogP contribution < -0.4 is 105 Å². The third-order valence-corrected chi connectivity index (χ3v) is 7.00. The van der Waals surface area contributed by atoms with E-state index in [0.29, 0.717) is 9.47 Å². The van der Waals surface area contributed by atoms with E-state index in [1.54, 1.807) is 0 Å². The van der Waals surface area contributed by atoms with Gasteiger partial charge in [-0.25, -0.2) is 21.7 Å². The van der Waals surface area contributed by atoms with Gasteiger partial charge in [0.05, 0.1) is 38.3 Å². The van der Waals surface area contributed by atoms with Gasteiger partial charge in [-0.3, -0.25) is 24.1 Å². The molecule has 0 atom stereocenters. The maximum atomic E-state index is 12.8. The van der Waals surface area contributed by atoms with E-state index >= 15 is 0 Å². The summed E-state index contributed by atoms with van der Waals surface area (Å²) in [6, 6.07) is 0.